The van der Waals surface area contributed by atoms with Crippen molar-refractivity contribution < 1.29 is 9.47 Å². The largest absolute Gasteiger partial charge is 0.477 e. The summed E-state index contributed by atoms with van der Waals surface area (Å²) in [5.74, 6) is 2.45. The second-order valence-corrected chi connectivity index (χ2v) is 6.47. The average Bonchev–Trinajstić information content (AvgIpc) is 2.70. The summed E-state index contributed by atoms with van der Waals surface area (Å²) < 4.78 is 11.8. The Morgan fingerprint density at radius 3 is 2.42 bits per heavy atom. The zero-order chi connectivity index (χ0) is 17.6. The van der Waals surface area contributed by atoms with Crippen molar-refractivity contribution in [1.29, 1.82) is 0 Å². The summed E-state index contributed by atoms with van der Waals surface area (Å²) in [6, 6.07) is 18.0. The highest BCUT2D eigenvalue weighted by Crippen LogP contribution is 2.26. The van der Waals surface area contributed by atoms with E-state index in [0.29, 0.717) is 6.61 Å². The number of para-hydroxylation sites is 1. The molecule has 2 aromatic carbocycles. The van der Waals surface area contributed by atoms with Crippen molar-refractivity contribution in [3.8, 4) is 17.4 Å². The smallest absolute Gasteiger partial charge is 0.219 e. The zero-order valence-corrected chi connectivity index (χ0v) is 14.7. The van der Waals surface area contributed by atoms with Crippen LogP contribution in [0.15, 0.2) is 60.9 Å². The summed E-state index contributed by atoms with van der Waals surface area (Å²) in [6.45, 7) is 0.613. The molecule has 0 amide bonds. The first-order valence-electron chi connectivity index (χ1n) is 9.16. The second-order valence-electron chi connectivity index (χ2n) is 6.47. The SMILES string of the molecule is c1ccc(Oc2ccc(CCOc3ncnc4c3CCCC4)cc2)cc1. The fourth-order valence-electron chi connectivity index (χ4n) is 3.23. The fraction of sp³-hybridized carbons (Fsp3) is 0.273. The van der Waals surface area contributed by atoms with Gasteiger partial charge < -0.3 is 9.47 Å². The van der Waals surface area contributed by atoms with Gasteiger partial charge >= 0.3 is 0 Å². The molecule has 1 aliphatic carbocycles. The van der Waals surface area contributed by atoms with Crippen molar-refractivity contribution in [3.05, 3.63) is 77.7 Å². The van der Waals surface area contributed by atoms with Crippen molar-refractivity contribution in [2.45, 2.75) is 32.1 Å². The Balaban J connectivity index is 1.33. The van der Waals surface area contributed by atoms with Gasteiger partial charge in [-0.3, -0.25) is 0 Å². The van der Waals surface area contributed by atoms with Crippen molar-refractivity contribution >= 4 is 0 Å². The minimum absolute atomic E-state index is 0.613. The van der Waals surface area contributed by atoms with Crippen LogP contribution < -0.4 is 9.47 Å². The Kier molecular flexibility index (Phi) is 5.10. The van der Waals surface area contributed by atoms with E-state index in [9.17, 15) is 0 Å². The van der Waals surface area contributed by atoms with E-state index < -0.39 is 0 Å². The lowest BCUT2D eigenvalue weighted by atomic mass is 9.97. The topological polar surface area (TPSA) is 44.2 Å². The summed E-state index contributed by atoms with van der Waals surface area (Å²) in [7, 11) is 0. The number of hydrogen-bond donors (Lipinski definition) is 0. The van der Waals surface area contributed by atoms with Crippen LogP contribution in [0.5, 0.6) is 17.4 Å². The maximum Gasteiger partial charge on any atom is 0.219 e. The number of rotatable bonds is 6. The van der Waals surface area contributed by atoms with Gasteiger partial charge in [0.1, 0.15) is 17.8 Å². The number of ether oxygens (including phenoxy) is 2. The van der Waals surface area contributed by atoms with Gasteiger partial charge in [-0.2, -0.15) is 0 Å². The van der Waals surface area contributed by atoms with Gasteiger partial charge in [-0.05, 0) is 55.5 Å². The quantitative estimate of drug-likeness (QED) is 0.645. The first-order chi connectivity index (χ1) is 12.9. The third-order valence-electron chi connectivity index (χ3n) is 4.62. The van der Waals surface area contributed by atoms with Gasteiger partial charge in [0.25, 0.3) is 0 Å². The molecule has 0 fully saturated rings. The summed E-state index contributed by atoms with van der Waals surface area (Å²) >= 11 is 0. The number of nitrogens with zero attached hydrogens (tertiary/aromatic N) is 2. The highest BCUT2D eigenvalue weighted by molar-refractivity contribution is 5.34. The Labute approximate surface area is 153 Å². The van der Waals surface area contributed by atoms with Crippen molar-refractivity contribution in [1.82, 2.24) is 9.97 Å². The first-order valence-corrected chi connectivity index (χ1v) is 9.16. The van der Waals surface area contributed by atoms with Crippen LogP contribution in [0.2, 0.25) is 0 Å². The Morgan fingerprint density at radius 2 is 1.58 bits per heavy atom. The summed E-state index contributed by atoms with van der Waals surface area (Å²) in [5.41, 5.74) is 3.57. The number of fused-ring (bicyclic) bond motifs is 1. The summed E-state index contributed by atoms with van der Waals surface area (Å²) in [6.07, 6.45) is 6.92. The van der Waals surface area contributed by atoms with E-state index >= 15 is 0 Å². The van der Waals surface area contributed by atoms with E-state index in [2.05, 4.69) is 22.1 Å². The van der Waals surface area contributed by atoms with Crippen molar-refractivity contribution in [2.75, 3.05) is 6.61 Å². The summed E-state index contributed by atoms with van der Waals surface area (Å²) in [5, 5.41) is 0. The molecule has 0 N–H and O–H groups in total. The van der Waals surface area contributed by atoms with Gasteiger partial charge in [0, 0.05) is 12.0 Å². The minimum atomic E-state index is 0.613. The maximum absolute atomic E-state index is 5.95. The van der Waals surface area contributed by atoms with Crippen molar-refractivity contribution in [2.24, 2.45) is 0 Å². The fourth-order valence-corrected chi connectivity index (χ4v) is 3.23. The third kappa shape index (κ3) is 4.02. The van der Waals surface area contributed by atoms with Crippen LogP contribution in [0.3, 0.4) is 0 Å². The van der Waals surface area contributed by atoms with Gasteiger partial charge in [0.15, 0.2) is 0 Å². The van der Waals surface area contributed by atoms with Crippen LogP contribution in [0, 0.1) is 0 Å². The van der Waals surface area contributed by atoms with Crippen LogP contribution in [0.1, 0.15) is 29.7 Å². The molecule has 0 bridgehead atoms. The molecule has 0 radical (unpaired) electrons. The van der Waals surface area contributed by atoms with E-state index in [-0.39, 0.29) is 0 Å². The molecule has 0 atom stereocenters. The molecule has 1 aromatic heterocycles. The minimum Gasteiger partial charge on any atom is -0.477 e. The molecule has 0 spiro atoms. The lowest BCUT2D eigenvalue weighted by molar-refractivity contribution is 0.303. The number of hydrogen-bond acceptors (Lipinski definition) is 4. The molecular formula is C22H22N2O2. The average molecular weight is 346 g/mol. The van der Waals surface area contributed by atoms with E-state index in [1.54, 1.807) is 6.33 Å². The van der Waals surface area contributed by atoms with Gasteiger partial charge in [0.2, 0.25) is 5.88 Å². The van der Waals surface area contributed by atoms with E-state index in [0.717, 1.165) is 42.3 Å². The zero-order valence-electron chi connectivity index (χ0n) is 14.7. The van der Waals surface area contributed by atoms with Crippen LogP contribution in [-0.4, -0.2) is 16.6 Å². The van der Waals surface area contributed by atoms with Gasteiger partial charge in [0.05, 0.1) is 12.3 Å². The number of benzene rings is 2. The molecule has 1 heterocycles. The van der Waals surface area contributed by atoms with Crippen LogP contribution in [0.4, 0.5) is 0 Å². The Bertz CT molecular complexity index is 848. The van der Waals surface area contributed by atoms with E-state index in [1.807, 2.05) is 42.5 Å². The number of aromatic nitrogens is 2. The van der Waals surface area contributed by atoms with Gasteiger partial charge in [-0.15, -0.1) is 0 Å². The van der Waals surface area contributed by atoms with E-state index in [4.69, 9.17) is 9.47 Å². The monoisotopic (exact) mass is 346 g/mol. The predicted molar refractivity (Wildman–Crippen MR) is 101 cm³/mol. The second kappa shape index (κ2) is 8.00. The molecule has 26 heavy (non-hydrogen) atoms. The van der Waals surface area contributed by atoms with Crippen LogP contribution >= 0.6 is 0 Å². The van der Waals surface area contributed by atoms with Gasteiger partial charge in [-0.1, -0.05) is 30.3 Å². The predicted octanol–water partition coefficient (Wildman–Crippen LogP) is 4.77. The lowest BCUT2D eigenvalue weighted by Gasteiger charge is -2.17. The first kappa shape index (κ1) is 16.6. The summed E-state index contributed by atoms with van der Waals surface area (Å²) in [4.78, 5) is 8.72. The van der Waals surface area contributed by atoms with Crippen molar-refractivity contribution in [3.63, 3.8) is 0 Å². The Morgan fingerprint density at radius 1 is 0.808 bits per heavy atom. The highest BCUT2D eigenvalue weighted by Gasteiger charge is 2.16. The molecule has 0 aliphatic heterocycles. The molecule has 0 unspecified atom stereocenters. The van der Waals surface area contributed by atoms with Crippen LogP contribution in [-0.2, 0) is 19.3 Å². The molecule has 4 nitrogen and oxygen atoms in total. The third-order valence-corrected chi connectivity index (χ3v) is 4.62. The Hall–Kier alpha value is -2.88. The molecular weight excluding hydrogens is 324 g/mol. The van der Waals surface area contributed by atoms with Gasteiger partial charge in [-0.25, -0.2) is 9.97 Å². The standard InChI is InChI=1S/C22H22N2O2/c1-2-6-18(7-3-1)26-19-12-10-17(11-13-19)14-15-25-22-20-8-4-5-9-21(20)23-16-24-22/h1-3,6-7,10-13,16H,4-5,8-9,14-15H2. The molecule has 0 saturated heterocycles. The normalized spacial score (nSPS) is 13.1. The molecule has 4 heteroatoms. The molecule has 0 saturated carbocycles. The number of aryl methyl sites for hydroxylation is 1. The van der Waals surface area contributed by atoms with E-state index in [1.165, 1.54) is 24.0 Å². The van der Waals surface area contributed by atoms with Crippen LogP contribution in [0.25, 0.3) is 0 Å². The lowest BCUT2D eigenvalue weighted by Crippen LogP contribution is -2.11. The maximum atomic E-state index is 5.95. The molecule has 3 aromatic rings. The molecule has 132 valence electrons. The highest BCUT2D eigenvalue weighted by atomic mass is 16.5. The molecule has 4 rings (SSSR count). The molecule has 1 aliphatic rings.